The second-order valence-electron chi connectivity index (χ2n) is 4.94. The normalized spacial score (nSPS) is 10.9. The molecule has 7 heteroatoms. The molecule has 0 spiro atoms. The highest BCUT2D eigenvalue weighted by atomic mass is 32.1. The monoisotopic (exact) mass is 291 g/mol. The van der Waals surface area contributed by atoms with Crippen molar-refractivity contribution >= 4 is 21.4 Å². The van der Waals surface area contributed by atoms with Gasteiger partial charge >= 0.3 is 0 Å². The molecule has 0 atom stereocenters. The molecule has 2 aromatic heterocycles. The molecule has 0 saturated carbocycles. The summed E-state index contributed by atoms with van der Waals surface area (Å²) in [5.74, 6) is 0.579. The number of nitriles is 1. The van der Waals surface area contributed by atoms with Gasteiger partial charge < -0.3 is 4.90 Å². The van der Waals surface area contributed by atoms with E-state index in [0.717, 1.165) is 18.1 Å². The summed E-state index contributed by atoms with van der Waals surface area (Å²) in [6.45, 7) is 5.77. The third kappa shape index (κ3) is 3.33. The lowest BCUT2D eigenvalue weighted by atomic mass is 10.1. The quantitative estimate of drug-likeness (QED) is 0.813. The SMILES string of the molecule is CC(C)CCN(CCC#N)c1nn2c(=O)ccnc2s1. The van der Waals surface area contributed by atoms with Crippen molar-refractivity contribution in [2.45, 2.75) is 26.7 Å². The van der Waals surface area contributed by atoms with E-state index in [4.69, 9.17) is 5.26 Å². The largest absolute Gasteiger partial charge is 0.346 e. The van der Waals surface area contributed by atoms with Crippen LogP contribution in [0.15, 0.2) is 17.1 Å². The molecule has 106 valence electrons. The molecule has 0 unspecified atom stereocenters. The predicted octanol–water partition coefficient (Wildman–Crippen LogP) is 1.92. The molecule has 6 nitrogen and oxygen atoms in total. The smallest absolute Gasteiger partial charge is 0.275 e. The van der Waals surface area contributed by atoms with Crippen LogP contribution in [0.25, 0.3) is 4.96 Å². The Hall–Kier alpha value is -1.94. The molecule has 0 aliphatic carbocycles. The first-order chi connectivity index (χ1) is 9.61. The minimum absolute atomic E-state index is 0.179. The first kappa shape index (κ1) is 14.5. The van der Waals surface area contributed by atoms with Gasteiger partial charge in [0.25, 0.3) is 5.56 Å². The second-order valence-corrected chi connectivity index (χ2v) is 5.87. The van der Waals surface area contributed by atoms with Crippen LogP contribution >= 0.6 is 11.3 Å². The Morgan fingerprint density at radius 2 is 2.30 bits per heavy atom. The van der Waals surface area contributed by atoms with Crippen LogP contribution in [-0.4, -0.2) is 27.7 Å². The molecule has 0 aliphatic rings. The standard InChI is InChI=1S/C13H17N5OS/c1-10(2)5-9-17(8-3-6-14)13-16-18-11(19)4-7-15-12(18)20-13/h4,7,10H,3,5,8-9H2,1-2H3. The zero-order valence-corrected chi connectivity index (χ0v) is 12.4. The van der Waals surface area contributed by atoms with E-state index in [-0.39, 0.29) is 5.56 Å². The molecule has 0 radical (unpaired) electrons. The number of fused-ring (bicyclic) bond motifs is 1. The maximum absolute atomic E-state index is 11.7. The van der Waals surface area contributed by atoms with Crippen LogP contribution in [0.1, 0.15) is 26.7 Å². The number of anilines is 1. The number of nitrogens with zero attached hydrogens (tertiary/aromatic N) is 5. The van der Waals surface area contributed by atoms with Gasteiger partial charge in [0.2, 0.25) is 10.1 Å². The average Bonchev–Trinajstić information content (AvgIpc) is 2.84. The highest BCUT2D eigenvalue weighted by Gasteiger charge is 2.14. The first-order valence-electron chi connectivity index (χ1n) is 6.58. The van der Waals surface area contributed by atoms with Crippen molar-refractivity contribution in [3.05, 3.63) is 22.6 Å². The summed E-state index contributed by atoms with van der Waals surface area (Å²) in [5, 5.41) is 13.8. The molecule has 0 aromatic carbocycles. The molecule has 0 N–H and O–H groups in total. The Bertz CT molecular complexity index is 669. The second kappa shape index (κ2) is 6.48. The fourth-order valence-corrected chi connectivity index (χ4v) is 2.69. The molecular weight excluding hydrogens is 274 g/mol. The van der Waals surface area contributed by atoms with Crippen molar-refractivity contribution in [3.63, 3.8) is 0 Å². The average molecular weight is 291 g/mol. The molecule has 0 saturated heterocycles. The van der Waals surface area contributed by atoms with E-state index in [1.54, 1.807) is 0 Å². The van der Waals surface area contributed by atoms with E-state index in [0.29, 0.717) is 23.8 Å². The lowest BCUT2D eigenvalue weighted by Crippen LogP contribution is -2.26. The fourth-order valence-electron chi connectivity index (χ4n) is 1.76. The Morgan fingerprint density at radius 3 is 2.95 bits per heavy atom. The molecule has 2 aromatic rings. The molecule has 2 heterocycles. The number of hydrogen-bond acceptors (Lipinski definition) is 6. The van der Waals surface area contributed by atoms with E-state index in [9.17, 15) is 4.79 Å². The number of aromatic nitrogens is 3. The number of hydrogen-bond donors (Lipinski definition) is 0. The van der Waals surface area contributed by atoms with Gasteiger partial charge in [0.15, 0.2) is 0 Å². The highest BCUT2D eigenvalue weighted by Crippen LogP contribution is 2.22. The molecule has 2 rings (SSSR count). The van der Waals surface area contributed by atoms with Crippen molar-refractivity contribution in [1.29, 1.82) is 5.26 Å². The first-order valence-corrected chi connectivity index (χ1v) is 7.40. The summed E-state index contributed by atoms with van der Waals surface area (Å²) in [6.07, 6.45) is 2.95. The van der Waals surface area contributed by atoms with E-state index in [1.165, 1.54) is 28.1 Å². The molecule has 0 aliphatic heterocycles. The lowest BCUT2D eigenvalue weighted by Gasteiger charge is -2.20. The summed E-state index contributed by atoms with van der Waals surface area (Å²) in [7, 11) is 0. The summed E-state index contributed by atoms with van der Waals surface area (Å²) in [4.78, 5) is 18.5. The van der Waals surface area contributed by atoms with E-state index < -0.39 is 0 Å². The summed E-state index contributed by atoms with van der Waals surface area (Å²) < 4.78 is 1.31. The highest BCUT2D eigenvalue weighted by molar-refractivity contribution is 7.20. The molecule has 0 bridgehead atoms. The Morgan fingerprint density at radius 1 is 1.50 bits per heavy atom. The van der Waals surface area contributed by atoms with Gasteiger partial charge in [0.05, 0.1) is 12.5 Å². The topological polar surface area (TPSA) is 74.3 Å². The predicted molar refractivity (Wildman–Crippen MR) is 79.0 cm³/mol. The minimum Gasteiger partial charge on any atom is -0.346 e. The third-order valence-electron chi connectivity index (χ3n) is 2.90. The van der Waals surface area contributed by atoms with Crippen LogP contribution in [0, 0.1) is 17.2 Å². The van der Waals surface area contributed by atoms with E-state index in [1.807, 2.05) is 0 Å². The van der Waals surface area contributed by atoms with E-state index in [2.05, 4.69) is 34.9 Å². The van der Waals surface area contributed by atoms with Crippen LogP contribution in [0.4, 0.5) is 5.13 Å². The van der Waals surface area contributed by atoms with Gasteiger partial charge in [0, 0.05) is 25.4 Å². The van der Waals surface area contributed by atoms with Gasteiger partial charge in [-0.15, -0.1) is 5.10 Å². The summed E-state index contributed by atoms with van der Waals surface area (Å²) in [6, 6.07) is 3.54. The maximum atomic E-state index is 11.7. The van der Waals surface area contributed by atoms with Crippen molar-refractivity contribution in [1.82, 2.24) is 14.6 Å². The minimum atomic E-state index is -0.179. The molecule has 20 heavy (non-hydrogen) atoms. The van der Waals surface area contributed by atoms with Gasteiger partial charge in [0.1, 0.15) is 0 Å². The van der Waals surface area contributed by atoms with Crippen molar-refractivity contribution < 1.29 is 0 Å². The summed E-state index contributed by atoms with van der Waals surface area (Å²) >= 11 is 1.38. The van der Waals surface area contributed by atoms with Gasteiger partial charge in [-0.05, 0) is 12.3 Å². The van der Waals surface area contributed by atoms with Crippen molar-refractivity contribution in [3.8, 4) is 6.07 Å². The maximum Gasteiger partial charge on any atom is 0.275 e. The van der Waals surface area contributed by atoms with E-state index >= 15 is 0 Å². The summed E-state index contributed by atoms with van der Waals surface area (Å²) in [5.41, 5.74) is -0.179. The Labute approximate surface area is 121 Å². The van der Waals surface area contributed by atoms with Gasteiger partial charge in [-0.25, -0.2) is 4.98 Å². The van der Waals surface area contributed by atoms with Crippen LogP contribution in [0.2, 0.25) is 0 Å². The van der Waals surface area contributed by atoms with Crippen LogP contribution in [-0.2, 0) is 0 Å². The Balaban J connectivity index is 2.27. The van der Waals surface area contributed by atoms with Crippen LogP contribution < -0.4 is 10.5 Å². The van der Waals surface area contributed by atoms with Gasteiger partial charge in [-0.2, -0.15) is 9.78 Å². The van der Waals surface area contributed by atoms with Gasteiger partial charge in [-0.3, -0.25) is 4.79 Å². The van der Waals surface area contributed by atoms with Crippen LogP contribution in [0.3, 0.4) is 0 Å². The molecule has 0 amide bonds. The Kier molecular flexibility index (Phi) is 4.69. The lowest BCUT2D eigenvalue weighted by molar-refractivity contribution is 0.571. The molecule has 0 fully saturated rings. The van der Waals surface area contributed by atoms with Crippen molar-refractivity contribution in [2.24, 2.45) is 5.92 Å². The molecular formula is C13H17N5OS. The van der Waals surface area contributed by atoms with Gasteiger partial charge in [-0.1, -0.05) is 25.2 Å². The van der Waals surface area contributed by atoms with Crippen LogP contribution in [0.5, 0.6) is 0 Å². The zero-order valence-electron chi connectivity index (χ0n) is 11.6. The third-order valence-corrected chi connectivity index (χ3v) is 3.88. The fraction of sp³-hybridized carbons (Fsp3) is 0.538. The zero-order chi connectivity index (χ0) is 14.5. The number of rotatable bonds is 6. The van der Waals surface area contributed by atoms with Crippen molar-refractivity contribution in [2.75, 3.05) is 18.0 Å².